The number of halogens is 6. The lowest BCUT2D eigenvalue weighted by atomic mass is 9.95. The molecule has 5 amide bonds. The average Bonchev–Trinajstić information content (AvgIpc) is 0.889. The number of carbonyl (C=O) groups excluding carboxylic acids is 5. The van der Waals surface area contributed by atoms with Gasteiger partial charge in [-0.15, -0.1) is 0 Å². The van der Waals surface area contributed by atoms with Crippen LogP contribution in [0.25, 0.3) is 0 Å². The smallest absolute Gasteiger partial charge is 0.417 e. The van der Waals surface area contributed by atoms with Crippen molar-refractivity contribution < 1.29 is 96.8 Å². The fourth-order valence-electron chi connectivity index (χ4n) is 13.2. The van der Waals surface area contributed by atoms with Crippen molar-refractivity contribution in [3.8, 4) is 0 Å². The van der Waals surface area contributed by atoms with Gasteiger partial charge in [0.05, 0.1) is 70.3 Å². The van der Waals surface area contributed by atoms with Gasteiger partial charge in [0.15, 0.2) is 23.1 Å². The summed E-state index contributed by atoms with van der Waals surface area (Å²) in [6.45, 7) is 11.4. The Morgan fingerprint density at radius 1 is 0.384 bits per heavy atom. The highest BCUT2D eigenvalue weighted by atomic mass is 32.2. The number of pyridine rings is 8. The molecule has 5 aliphatic heterocycles. The minimum Gasteiger partial charge on any atom is -0.448 e. The number of nitrogens with one attached hydrogen (secondary N) is 5. The maximum absolute atomic E-state index is 13.7. The summed E-state index contributed by atoms with van der Waals surface area (Å²) in [4.78, 5) is 126. The van der Waals surface area contributed by atoms with E-state index in [0.29, 0.717) is 58.2 Å². The number of oxazole rings is 1. The Morgan fingerprint density at radius 2 is 0.775 bits per heavy atom. The van der Waals surface area contributed by atoms with Gasteiger partial charge in [-0.05, 0) is 126 Å². The molecule has 58 heteroatoms. The first-order chi connectivity index (χ1) is 64.1. The first-order valence-corrected chi connectivity index (χ1v) is 47.9. The molecule has 0 fully saturated rings. The number of guanidine groups is 5. The molecule has 0 aliphatic carbocycles. The molecule has 47 nitrogen and oxygen atoms in total. The molecule has 15 N–H and O–H groups in total. The zero-order chi connectivity index (χ0) is 102. The van der Waals surface area contributed by atoms with Gasteiger partial charge in [0.1, 0.15) is 103 Å². The highest BCUT2D eigenvalue weighted by molar-refractivity contribution is 7.91. The highest BCUT2D eigenvalue weighted by Crippen LogP contribution is 2.38. The number of amides is 5. The van der Waals surface area contributed by atoms with Crippen molar-refractivity contribution in [3.05, 3.63) is 250 Å². The van der Waals surface area contributed by atoms with E-state index in [1.54, 1.807) is 84.9 Å². The molecule has 0 radical (unpaired) electrons. The summed E-state index contributed by atoms with van der Waals surface area (Å²) in [5.41, 5.74) is 24.1. The molecule has 0 saturated carbocycles. The van der Waals surface area contributed by atoms with Gasteiger partial charge in [0.2, 0.25) is 79.9 Å². The molecule has 10 aromatic heterocycles. The van der Waals surface area contributed by atoms with Crippen molar-refractivity contribution in [1.82, 2.24) is 76.3 Å². The maximum Gasteiger partial charge on any atom is 0.417 e. The van der Waals surface area contributed by atoms with Crippen LogP contribution in [-0.2, 0) is 84.0 Å². The second-order valence-corrected chi connectivity index (χ2v) is 41.8. The summed E-state index contributed by atoms with van der Waals surface area (Å²) >= 11 is 0. The number of alkyl halides is 3. The number of aryl methyl sites for hydroxylation is 2. The first-order valence-electron chi connectivity index (χ1n) is 39.8. The van der Waals surface area contributed by atoms with Crippen LogP contribution in [-0.4, -0.2) is 242 Å². The van der Waals surface area contributed by atoms with Crippen LogP contribution in [0, 0.1) is 31.3 Å². The van der Waals surface area contributed by atoms with E-state index in [-0.39, 0.29) is 110 Å². The predicted octanol–water partition coefficient (Wildman–Crippen LogP) is 3.71. The fourth-order valence-corrected chi connectivity index (χ4v) is 20.4. The lowest BCUT2D eigenvalue weighted by Gasteiger charge is -2.34. The van der Waals surface area contributed by atoms with Crippen LogP contribution in [0.5, 0.6) is 0 Å². The van der Waals surface area contributed by atoms with Gasteiger partial charge in [-0.3, -0.25) is 38.9 Å². The SMILES string of the molecule is CN1C(N)=N[C@](C)(c2cccc(NC(=O)c3ccc(F)cn3)n2)CS1(=O)=O.CN1C(N)=N[C@](C)(c2cccc(NC(=O)c3ncc(F)cc3F)n2)CS1(=O)=O.CN1C(N)=N[C@](C)(c2ccnc(NC(=O)c3ccc(C(F)(F)F)cn3)c2)CS1(=O)=O.Cc1cnc(C(=O)Nc2cncc([C@]3(C)CS(=O)(=O)N(C)C(N)=N3)c2)cn1.Cc1nc(C(=O)Nc2cccc([C@]3(C)CS(=O)(=O)N(C)C(N)=N3)n2)co1. The van der Waals surface area contributed by atoms with Gasteiger partial charge in [0.25, 0.3) is 29.5 Å². The van der Waals surface area contributed by atoms with Crippen molar-refractivity contribution in [2.24, 2.45) is 53.6 Å². The first kappa shape index (κ1) is 103. The lowest BCUT2D eigenvalue weighted by molar-refractivity contribution is -0.137. The van der Waals surface area contributed by atoms with E-state index < -0.39 is 142 Å². The molecule has 5 atom stereocenters. The fraction of sp³-hybridized carbons (Fsp3) is 0.287. The normalized spacial score (nSPS) is 21.4. The molecule has 0 saturated heterocycles. The van der Waals surface area contributed by atoms with E-state index in [1.165, 1.54) is 115 Å². The number of hydrogen-bond acceptors (Lipinski definition) is 37. The Kier molecular flexibility index (Phi) is 29.5. The Labute approximate surface area is 784 Å². The monoisotopic (exact) mass is 2010 g/mol. The molecule has 5 aliphatic rings. The Balaban J connectivity index is 0.000000165. The number of aromatic nitrogens is 11. The molecule has 0 unspecified atom stereocenters. The van der Waals surface area contributed by atoms with Crippen LogP contribution in [0.2, 0.25) is 0 Å². The standard InChI is InChI=1S/C17H17F3N6O3S.C16H16F2N6O3S.C16H17FN6O3S.C16H19N7O3S.C15H18N6O4S/c1-16(9-30(28,29)26(2)15(21)25-16)10-5-6-22-13(7-10)24-14(27)12-4-3-11(8-23-12)17(18,19)20;1-16(8-28(26,27)24(2)15(19)23-16)11-4-3-5-12(21-11)22-14(25)13-10(18)6-9(17)7-20-13;1-16(9-27(25,26)23(2)15(18)22-16)12-4-3-5-13(20-12)21-14(24)11-7-6-10(17)8-19-11;1-10-5-20-13(8-19-10)14(24)21-12-4-11(6-18-7-12)16(2)9-27(25,26)23(3)15(17)22-16;1-9-17-10(7-25-9)13(22)19-12-6-4-5-11(18-12)15(2)8-26(23,24)21(3)14(16)20-15/h3-8H,9H2,1-2H3,(H2,21,25)(H,22,24,27);3-7H,8H2,1-2H3,(H2,19,23)(H,21,22,25);3-8H,9H2,1-2H3,(H2,18,22)(H,20,21,24);4-8H,9H2,1-3H3,(H2,17,22)(H,21,24);4-7H,8H2,1-3H3,(H2,16,20)(H,18,19,22)/t4*16-;15-/m00000/s1. The van der Waals surface area contributed by atoms with Crippen LogP contribution in [0.3, 0.4) is 0 Å². The molecule has 0 aromatic carbocycles. The number of nitrogens with zero attached hydrogens (tertiary/aromatic N) is 21. The number of anilines is 5. The summed E-state index contributed by atoms with van der Waals surface area (Å²) in [6.07, 6.45) is 6.03. The lowest BCUT2D eigenvalue weighted by Crippen LogP contribution is -2.50. The minimum absolute atomic E-state index is 0.0129. The number of rotatable bonds is 15. The van der Waals surface area contributed by atoms with E-state index in [1.807, 2.05) is 0 Å². The molecular formula is C80H87F6N31O16S5. The van der Waals surface area contributed by atoms with Crippen LogP contribution < -0.4 is 55.3 Å². The Bertz CT molecular complexity index is 7060. The number of hydrogen-bond donors (Lipinski definition) is 10. The Hall–Kier alpha value is -15.5. The third kappa shape index (κ3) is 24.1. The molecule has 10 aromatic rings. The van der Waals surface area contributed by atoms with Crippen molar-refractivity contribution in [3.63, 3.8) is 0 Å². The highest BCUT2D eigenvalue weighted by Gasteiger charge is 2.47. The van der Waals surface area contributed by atoms with Crippen molar-refractivity contribution in [1.29, 1.82) is 0 Å². The van der Waals surface area contributed by atoms with E-state index in [9.17, 15) is 92.4 Å². The quantitative estimate of drug-likeness (QED) is 0.0654. The van der Waals surface area contributed by atoms with Gasteiger partial charge in [-0.2, -0.15) is 13.2 Å². The van der Waals surface area contributed by atoms with Crippen molar-refractivity contribution in [2.45, 2.75) is 82.3 Å². The van der Waals surface area contributed by atoms with Gasteiger partial charge in [-0.25, -0.2) is 142 Å². The van der Waals surface area contributed by atoms with Crippen LogP contribution >= 0.6 is 0 Å². The van der Waals surface area contributed by atoms with Crippen molar-refractivity contribution in [2.75, 3.05) is 90.6 Å². The Morgan fingerprint density at radius 3 is 1.17 bits per heavy atom. The number of nitrogens with two attached hydrogens (primary N) is 5. The molecule has 138 heavy (non-hydrogen) atoms. The van der Waals surface area contributed by atoms with Gasteiger partial charge in [-0.1, -0.05) is 18.2 Å². The minimum atomic E-state index is -4.57. The third-order valence-electron chi connectivity index (χ3n) is 20.9. The second kappa shape index (κ2) is 39.5. The summed E-state index contributed by atoms with van der Waals surface area (Å²) in [7, 11) is -11.6. The molecule has 0 spiro atoms. The number of aliphatic imine (C=N–C) groups is 5. The number of carbonyl (C=O) groups is 5. The molecule has 15 rings (SSSR count). The van der Waals surface area contributed by atoms with Crippen molar-refractivity contribution >= 4 is 138 Å². The van der Waals surface area contributed by atoms with Gasteiger partial charge >= 0.3 is 6.18 Å². The van der Waals surface area contributed by atoms with E-state index >= 15 is 0 Å². The largest absolute Gasteiger partial charge is 0.448 e. The van der Waals surface area contributed by atoms with Gasteiger partial charge < -0.3 is 59.7 Å². The third-order valence-corrected chi connectivity index (χ3v) is 30.6. The zero-order valence-electron chi connectivity index (χ0n) is 74.7. The summed E-state index contributed by atoms with van der Waals surface area (Å²) in [5, 5.41) is 12.6. The van der Waals surface area contributed by atoms with E-state index in [0.717, 1.165) is 45.9 Å². The molecule has 0 bridgehead atoms. The van der Waals surface area contributed by atoms with Crippen LogP contribution in [0.4, 0.5) is 55.3 Å². The summed E-state index contributed by atoms with van der Waals surface area (Å²) in [6, 6.07) is 23.2. The van der Waals surface area contributed by atoms with Gasteiger partial charge in [0, 0.05) is 78.6 Å². The molecule has 730 valence electrons. The predicted molar refractivity (Wildman–Crippen MR) is 489 cm³/mol. The summed E-state index contributed by atoms with van der Waals surface area (Å²) < 4.78 is 210. The summed E-state index contributed by atoms with van der Waals surface area (Å²) in [5.74, 6) is -7.34. The number of sulfonamides is 5. The van der Waals surface area contributed by atoms with Crippen LogP contribution in [0.1, 0.15) is 132 Å². The topological polar surface area (TPSA) is 679 Å². The average molecular weight is 2010 g/mol. The van der Waals surface area contributed by atoms with E-state index in [4.69, 9.17) is 33.1 Å². The van der Waals surface area contributed by atoms with Crippen LogP contribution in [0.15, 0.2) is 188 Å². The zero-order valence-corrected chi connectivity index (χ0v) is 78.7. The maximum atomic E-state index is 13.7. The van der Waals surface area contributed by atoms with E-state index in [2.05, 4.69) is 106 Å². The molecular weight excluding hydrogens is 1930 g/mol. The molecule has 15 heterocycles. The second-order valence-electron chi connectivity index (χ2n) is 31.8.